The highest BCUT2D eigenvalue weighted by Gasteiger charge is 2.22. The minimum Gasteiger partial charge on any atom is -0.383 e. The van der Waals surface area contributed by atoms with Crippen LogP contribution in [0.2, 0.25) is 0 Å². The van der Waals surface area contributed by atoms with E-state index in [1.165, 1.54) is 32.3 Å². The lowest BCUT2D eigenvalue weighted by Crippen LogP contribution is -2.37. The number of benzene rings is 1. The number of anilines is 1. The van der Waals surface area contributed by atoms with Gasteiger partial charge in [0.1, 0.15) is 23.3 Å². The molecule has 3 aromatic rings. The van der Waals surface area contributed by atoms with Crippen molar-refractivity contribution >= 4 is 32.8 Å². The van der Waals surface area contributed by atoms with Crippen LogP contribution in [0.3, 0.4) is 0 Å². The molecule has 2 N–H and O–H groups in total. The molecule has 0 radical (unpaired) electrons. The number of hydrogen-bond acceptors (Lipinski definition) is 5. The van der Waals surface area contributed by atoms with Crippen molar-refractivity contribution < 1.29 is 4.39 Å². The number of nitrogens with zero attached hydrogens (tertiary/aromatic N) is 4. The lowest BCUT2D eigenvalue weighted by atomic mass is 9.97. The van der Waals surface area contributed by atoms with Gasteiger partial charge in [0.25, 0.3) is 5.56 Å². The molecule has 0 aliphatic heterocycles. The smallest absolute Gasteiger partial charge is 0.332 e. The van der Waals surface area contributed by atoms with E-state index in [0.29, 0.717) is 4.47 Å². The van der Waals surface area contributed by atoms with Crippen LogP contribution in [0.25, 0.3) is 22.2 Å². The molecule has 9 heteroatoms. The van der Waals surface area contributed by atoms with E-state index in [-0.39, 0.29) is 33.5 Å². The van der Waals surface area contributed by atoms with E-state index in [9.17, 15) is 19.2 Å². The summed E-state index contributed by atoms with van der Waals surface area (Å²) in [7, 11) is 2.75. The van der Waals surface area contributed by atoms with Crippen LogP contribution in [0.4, 0.5) is 10.2 Å². The molecule has 2 aromatic heterocycles. The Morgan fingerprint density at radius 1 is 1.28 bits per heavy atom. The number of nitrogen functional groups attached to an aromatic ring is 1. The van der Waals surface area contributed by atoms with Crippen LogP contribution in [0, 0.1) is 17.1 Å². The summed E-state index contributed by atoms with van der Waals surface area (Å²) in [5, 5.41) is 9.52. The first-order valence-corrected chi connectivity index (χ1v) is 7.82. The maximum absolute atomic E-state index is 13.8. The van der Waals surface area contributed by atoms with Crippen molar-refractivity contribution in [1.29, 1.82) is 5.26 Å². The van der Waals surface area contributed by atoms with E-state index in [1.807, 2.05) is 6.07 Å². The highest BCUT2D eigenvalue weighted by Crippen LogP contribution is 2.36. The molecular weight excluding hydrogens is 393 g/mol. The van der Waals surface area contributed by atoms with Gasteiger partial charge in [-0.05, 0) is 18.2 Å². The monoisotopic (exact) mass is 403 g/mol. The molecule has 0 bridgehead atoms. The molecule has 0 aliphatic rings. The number of halogens is 2. The molecule has 0 unspecified atom stereocenters. The fourth-order valence-electron chi connectivity index (χ4n) is 2.68. The van der Waals surface area contributed by atoms with Gasteiger partial charge in [-0.15, -0.1) is 0 Å². The van der Waals surface area contributed by atoms with Gasteiger partial charge in [0.15, 0.2) is 5.65 Å². The number of fused-ring (bicyclic) bond motifs is 1. The first-order chi connectivity index (χ1) is 11.8. The Bertz CT molecular complexity index is 1210. The molecule has 0 saturated carbocycles. The summed E-state index contributed by atoms with van der Waals surface area (Å²) in [5.41, 5.74) is 5.00. The van der Waals surface area contributed by atoms with E-state index in [0.717, 1.165) is 9.13 Å². The van der Waals surface area contributed by atoms with E-state index in [4.69, 9.17) is 5.73 Å². The zero-order valence-electron chi connectivity index (χ0n) is 13.2. The maximum atomic E-state index is 13.8. The number of nitriles is 1. The third-order valence-electron chi connectivity index (χ3n) is 3.93. The van der Waals surface area contributed by atoms with Crippen LogP contribution in [0.5, 0.6) is 0 Å². The maximum Gasteiger partial charge on any atom is 0.332 e. The van der Waals surface area contributed by atoms with Crippen molar-refractivity contribution in [2.45, 2.75) is 0 Å². The molecule has 2 heterocycles. The lowest BCUT2D eigenvalue weighted by Gasteiger charge is -2.14. The first kappa shape index (κ1) is 16.9. The standard InChI is InChI=1S/C16H11BrFN5O2/c1-22-14-12(15(24)23(2)16(22)25)11(9(6-19)13(20)21-14)8-5-7(18)3-4-10(8)17/h3-5H,1-2H3,(H2,20,21). The summed E-state index contributed by atoms with van der Waals surface area (Å²) in [5.74, 6) is -0.698. The third kappa shape index (κ3) is 2.42. The second-order valence-electron chi connectivity index (χ2n) is 5.39. The number of aromatic nitrogens is 3. The summed E-state index contributed by atoms with van der Waals surface area (Å²) in [4.78, 5) is 28.9. The van der Waals surface area contributed by atoms with Crippen molar-refractivity contribution in [3.05, 3.63) is 54.9 Å². The van der Waals surface area contributed by atoms with Gasteiger partial charge in [0, 0.05) is 29.7 Å². The van der Waals surface area contributed by atoms with Gasteiger partial charge >= 0.3 is 5.69 Å². The molecule has 0 fully saturated rings. The van der Waals surface area contributed by atoms with Crippen LogP contribution in [-0.2, 0) is 14.1 Å². The van der Waals surface area contributed by atoms with Crippen LogP contribution >= 0.6 is 15.9 Å². The van der Waals surface area contributed by atoms with Gasteiger partial charge < -0.3 is 5.73 Å². The van der Waals surface area contributed by atoms with Gasteiger partial charge in [0.2, 0.25) is 0 Å². The van der Waals surface area contributed by atoms with Crippen molar-refractivity contribution in [2.24, 2.45) is 14.1 Å². The molecule has 7 nitrogen and oxygen atoms in total. The summed E-state index contributed by atoms with van der Waals surface area (Å²) in [6.45, 7) is 0. The van der Waals surface area contributed by atoms with E-state index >= 15 is 0 Å². The Morgan fingerprint density at radius 2 is 1.96 bits per heavy atom. The summed E-state index contributed by atoms with van der Waals surface area (Å²) >= 11 is 3.30. The lowest BCUT2D eigenvalue weighted by molar-refractivity contribution is 0.628. The minimum absolute atomic E-state index is 0.0154. The number of nitrogens with two attached hydrogens (primary N) is 1. The van der Waals surface area contributed by atoms with Gasteiger partial charge in [-0.1, -0.05) is 15.9 Å². The average molecular weight is 404 g/mol. The van der Waals surface area contributed by atoms with E-state index < -0.39 is 17.1 Å². The quantitative estimate of drug-likeness (QED) is 0.664. The zero-order chi connectivity index (χ0) is 18.5. The number of rotatable bonds is 1. The summed E-state index contributed by atoms with van der Waals surface area (Å²) < 4.78 is 16.3. The van der Waals surface area contributed by atoms with E-state index in [1.54, 1.807) is 0 Å². The summed E-state index contributed by atoms with van der Waals surface area (Å²) in [6, 6.07) is 5.80. The molecule has 0 atom stereocenters. The molecular formula is C16H11BrFN5O2. The predicted molar refractivity (Wildman–Crippen MR) is 94.4 cm³/mol. The number of pyridine rings is 1. The topological polar surface area (TPSA) is 107 Å². The molecule has 3 rings (SSSR count). The predicted octanol–water partition coefficient (Wildman–Crippen LogP) is 1.65. The molecule has 126 valence electrons. The first-order valence-electron chi connectivity index (χ1n) is 7.02. The normalized spacial score (nSPS) is 10.8. The van der Waals surface area contributed by atoms with Crippen LogP contribution in [0.1, 0.15) is 5.56 Å². The molecule has 0 amide bonds. The van der Waals surface area contributed by atoms with Crippen molar-refractivity contribution in [3.63, 3.8) is 0 Å². The van der Waals surface area contributed by atoms with E-state index in [2.05, 4.69) is 20.9 Å². The second-order valence-corrected chi connectivity index (χ2v) is 6.24. The SMILES string of the molecule is Cn1c(=O)c2c(-c3cc(F)ccc3Br)c(C#N)c(N)nc2n(C)c1=O. The molecule has 0 saturated heterocycles. The van der Waals surface area contributed by atoms with Crippen molar-refractivity contribution in [2.75, 3.05) is 5.73 Å². The van der Waals surface area contributed by atoms with Gasteiger partial charge in [0.05, 0.1) is 5.39 Å². The Labute approximate surface area is 148 Å². The second kappa shape index (κ2) is 5.82. The Hall–Kier alpha value is -2.99. The van der Waals surface area contributed by atoms with Crippen LogP contribution in [0.15, 0.2) is 32.3 Å². The van der Waals surface area contributed by atoms with Crippen LogP contribution < -0.4 is 17.0 Å². The number of hydrogen-bond donors (Lipinski definition) is 1. The molecule has 25 heavy (non-hydrogen) atoms. The average Bonchev–Trinajstić information content (AvgIpc) is 2.59. The zero-order valence-corrected chi connectivity index (χ0v) is 14.8. The summed E-state index contributed by atoms with van der Waals surface area (Å²) in [6.07, 6.45) is 0. The Balaban J connectivity index is 2.71. The molecule has 0 aliphatic carbocycles. The Morgan fingerprint density at radius 3 is 2.60 bits per heavy atom. The fourth-order valence-corrected chi connectivity index (χ4v) is 3.12. The van der Waals surface area contributed by atoms with Crippen molar-refractivity contribution in [3.8, 4) is 17.2 Å². The third-order valence-corrected chi connectivity index (χ3v) is 4.62. The van der Waals surface area contributed by atoms with Gasteiger partial charge in [-0.25, -0.2) is 14.2 Å². The highest BCUT2D eigenvalue weighted by molar-refractivity contribution is 9.10. The highest BCUT2D eigenvalue weighted by atomic mass is 79.9. The molecule has 0 spiro atoms. The van der Waals surface area contributed by atoms with Gasteiger partial charge in [-0.3, -0.25) is 13.9 Å². The fraction of sp³-hybridized carbons (Fsp3) is 0.125. The van der Waals surface area contributed by atoms with Crippen LogP contribution in [-0.4, -0.2) is 14.1 Å². The largest absolute Gasteiger partial charge is 0.383 e. The van der Waals surface area contributed by atoms with Gasteiger partial charge in [-0.2, -0.15) is 5.26 Å². The molecule has 1 aromatic carbocycles. The Kier molecular flexibility index (Phi) is 3.93. The van der Waals surface area contributed by atoms with Crippen molar-refractivity contribution in [1.82, 2.24) is 14.1 Å². The minimum atomic E-state index is -0.645. The number of aryl methyl sites for hydroxylation is 1.